The Morgan fingerprint density at radius 1 is 1.61 bits per heavy atom. The van der Waals surface area contributed by atoms with Gasteiger partial charge in [0.1, 0.15) is 18.7 Å². The molecule has 2 aromatic heterocycles. The Balaban J connectivity index is 1.78. The second-order valence-corrected chi connectivity index (χ2v) is 5.60. The summed E-state index contributed by atoms with van der Waals surface area (Å²) in [5, 5.41) is 6.80. The molecule has 0 unspecified atom stereocenters. The largest absolute Gasteiger partial charge is 0.354 e. The van der Waals surface area contributed by atoms with Crippen LogP contribution in [0.5, 0.6) is 0 Å². The van der Waals surface area contributed by atoms with Crippen molar-refractivity contribution in [2.75, 3.05) is 6.54 Å². The molecule has 96 valence electrons. The van der Waals surface area contributed by atoms with Crippen LogP contribution in [0, 0.1) is 0 Å². The van der Waals surface area contributed by atoms with Gasteiger partial charge in [-0.25, -0.2) is 9.67 Å². The molecule has 2 aromatic rings. The summed E-state index contributed by atoms with van der Waals surface area (Å²) in [4.78, 5) is 16.8. The summed E-state index contributed by atoms with van der Waals surface area (Å²) in [6, 6.07) is 3.49. The first-order valence-corrected chi connectivity index (χ1v) is 6.72. The van der Waals surface area contributed by atoms with Gasteiger partial charge in [-0.1, -0.05) is 11.6 Å². The van der Waals surface area contributed by atoms with Gasteiger partial charge in [0, 0.05) is 11.4 Å². The fourth-order valence-corrected chi connectivity index (χ4v) is 2.57. The van der Waals surface area contributed by atoms with Gasteiger partial charge in [-0.05, 0) is 25.5 Å². The van der Waals surface area contributed by atoms with Crippen LogP contribution in [0.2, 0.25) is 4.34 Å². The highest BCUT2D eigenvalue weighted by Gasteiger charge is 2.14. The number of carbonyl (C=O) groups excluding carboxylic acids is 1. The average Bonchev–Trinajstić information content (AvgIpc) is 2.99. The molecule has 1 atom stereocenters. The molecule has 7 heteroatoms. The van der Waals surface area contributed by atoms with Crippen molar-refractivity contribution in [3.63, 3.8) is 0 Å². The minimum atomic E-state index is -0.348. The molecule has 0 saturated heterocycles. The van der Waals surface area contributed by atoms with E-state index in [1.54, 1.807) is 6.92 Å². The van der Waals surface area contributed by atoms with Crippen molar-refractivity contribution < 1.29 is 4.79 Å². The summed E-state index contributed by atoms with van der Waals surface area (Å²) in [5.74, 6) is -0.0665. The van der Waals surface area contributed by atoms with Gasteiger partial charge in [-0.15, -0.1) is 11.3 Å². The van der Waals surface area contributed by atoms with Crippen LogP contribution in [-0.2, 0) is 11.2 Å². The van der Waals surface area contributed by atoms with Crippen LogP contribution >= 0.6 is 22.9 Å². The zero-order valence-corrected chi connectivity index (χ0v) is 11.4. The zero-order chi connectivity index (χ0) is 13.0. The lowest BCUT2D eigenvalue weighted by Crippen LogP contribution is -2.32. The smallest absolute Gasteiger partial charge is 0.244 e. The highest BCUT2D eigenvalue weighted by atomic mass is 35.5. The number of carbonyl (C=O) groups is 1. The van der Waals surface area contributed by atoms with Crippen LogP contribution in [0.4, 0.5) is 0 Å². The standard InChI is InChI=1S/C11H13ClN4OS/c1-8(16-7-13-6-15-16)11(17)14-5-4-9-2-3-10(12)18-9/h2-3,6-8H,4-5H2,1H3,(H,14,17)/t8-/m0/s1. The third-order valence-corrected chi connectivity index (χ3v) is 3.80. The Morgan fingerprint density at radius 3 is 3.06 bits per heavy atom. The maximum absolute atomic E-state index is 11.8. The maximum Gasteiger partial charge on any atom is 0.244 e. The van der Waals surface area contributed by atoms with Gasteiger partial charge in [0.15, 0.2) is 0 Å². The predicted molar refractivity (Wildman–Crippen MR) is 70.8 cm³/mol. The van der Waals surface area contributed by atoms with E-state index in [1.165, 1.54) is 28.7 Å². The van der Waals surface area contributed by atoms with Gasteiger partial charge in [0.2, 0.25) is 5.91 Å². The molecule has 1 amide bonds. The molecule has 2 heterocycles. The zero-order valence-electron chi connectivity index (χ0n) is 9.84. The number of thiophene rings is 1. The van der Waals surface area contributed by atoms with Gasteiger partial charge in [0.05, 0.1) is 4.34 Å². The Bertz CT molecular complexity index is 511. The van der Waals surface area contributed by atoms with Gasteiger partial charge < -0.3 is 5.32 Å². The lowest BCUT2D eigenvalue weighted by molar-refractivity contribution is -0.124. The van der Waals surface area contributed by atoms with Crippen LogP contribution in [0.25, 0.3) is 0 Å². The lowest BCUT2D eigenvalue weighted by atomic mass is 10.3. The summed E-state index contributed by atoms with van der Waals surface area (Å²) < 4.78 is 2.30. The first-order chi connectivity index (χ1) is 8.66. The molecule has 2 rings (SSSR count). The summed E-state index contributed by atoms with van der Waals surface area (Å²) >= 11 is 7.36. The molecule has 0 aliphatic heterocycles. The Hall–Kier alpha value is -1.40. The number of rotatable bonds is 5. The van der Waals surface area contributed by atoms with E-state index in [9.17, 15) is 4.79 Å². The molecule has 5 nitrogen and oxygen atoms in total. The molecule has 0 aliphatic carbocycles. The number of amides is 1. The molecular formula is C11H13ClN4OS. The third kappa shape index (κ3) is 3.30. The van der Waals surface area contributed by atoms with Gasteiger partial charge in [-0.2, -0.15) is 5.10 Å². The van der Waals surface area contributed by atoms with E-state index in [-0.39, 0.29) is 11.9 Å². The van der Waals surface area contributed by atoms with Crippen molar-refractivity contribution in [2.45, 2.75) is 19.4 Å². The monoisotopic (exact) mass is 284 g/mol. The van der Waals surface area contributed by atoms with Crippen molar-refractivity contribution in [1.82, 2.24) is 20.1 Å². The predicted octanol–water partition coefficient (Wildman–Crippen LogP) is 1.91. The molecule has 0 aliphatic rings. The van der Waals surface area contributed by atoms with Crippen LogP contribution in [0.3, 0.4) is 0 Å². The highest BCUT2D eigenvalue weighted by molar-refractivity contribution is 7.16. The van der Waals surface area contributed by atoms with E-state index in [2.05, 4.69) is 15.4 Å². The van der Waals surface area contributed by atoms with E-state index < -0.39 is 0 Å². The third-order valence-electron chi connectivity index (χ3n) is 2.51. The van der Waals surface area contributed by atoms with Gasteiger partial charge in [-0.3, -0.25) is 4.79 Å². The fraction of sp³-hybridized carbons (Fsp3) is 0.364. The second-order valence-electron chi connectivity index (χ2n) is 3.80. The molecule has 18 heavy (non-hydrogen) atoms. The molecular weight excluding hydrogens is 272 g/mol. The minimum Gasteiger partial charge on any atom is -0.354 e. The van der Waals surface area contributed by atoms with E-state index >= 15 is 0 Å². The van der Waals surface area contributed by atoms with Crippen molar-refractivity contribution >= 4 is 28.8 Å². The van der Waals surface area contributed by atoms with E-state index in [0.717, 1.165) is 15.6 Å². The number of nitrogens with zero attached hydrogens (tertiary/aromatic N) is 3. The van der Waals surface area contributed by atoms with Crippen molar-refractivity contribution in [1.29, 1.82) is 0 Å². The van der Waals surface area contributed by atoms with Gasteiger partial charge in [0.25, 0.3) is 0 Å². The maximum atomic E-state index is 11.8. The SMILES string of the molecule is C[C@@H](C(=O)NCCc1ccc(Cl)s1)n1cncn1. The molecule has 1 N–H and O–H groups in total. The van der Waals surface area contributed by atoms with Crippen molar-refractivity contribution in [3.8, 4) is 0 Å². The molecule has 0 bridgehead atoms. The summed E-state index contributed by atoms with van der Waals surface area (Å²) in [5.41, 5.74) is 0. The van der Waals surface area contributed by atoms with Crippen LogP contribution in [0.15, 0.2) is 24.8 Å². The average molecular weight is 285 g/mol. The second kappa shape index (κ2) is 5.97. The van der Waals surface area contributed by atoms with Gasteiger partial charge >= 0.3 is 0 Å². The number of halogens is 1. The first-order valence-electron chi connectivity index (χ1n) is 5.53. The van der Waals surface area contributed by atoms with Crippen molar-refractivity contribution in [3.05, 3.63) is 34.0 Å². The quantitative estimate of drug-likeness (QED) is 0.912. The highest BCUT2D eigenvalue weighted by Crippen LogP contribution is 2.21. The van der Waals surface area contributed by atoms with E-state index in [0.29, 0.717) is 6.54 Å². The number of aromatic nitrogens is 3. The molecule has 0 aromatic carbocycles. The Kier molecular flexibility index (Phi) is 4.33. The number of hydrogen-bond acceptors (Lipinski definition) is 4. The molecule has 0 fully saturated rings. The fourth-order valence-electron chi connectivity index (χ4n) is 1.48. The molecule has 0 radical (unpaired) electrons. The summed E-state index contributed by atoms with van der Waals surface area (Å²) in [6.45, 7) is 2.38. The lowest BCUT2D eigenvalue weighted by Gasteiger charge is -2.11. The summed E-state index contributed by atoms with van der Waals surface area (Å²) in [7, 11) is 0. The summed E-state index contributed by atoms with van der Waals surface area (Å²) in [6.07, 6.45) is 3.73. The van der Waals surface area contributed by atoms with Crippen LogP contribution < -0.4 is 5.32 Å². The Labute approximate surface area is 114 Å². The number of nitrogens with one attached hydrogen (secondary N) is 1. The topological polar surface area (TPSA) is 59.8 Å². The normalized spacial score (nSPS) is 12.3. The van der Waals surface area contributed by atoms with Crippen LogP contribution in [-0.4, -0.2) is 27.2 Å². The Morgan fingerprint density at radius 2 is 2.44 bits per heavy atom. The molecule has 0 saturated carbocycles. The molecule has 0 spiro atoms. The first kappa shape index (κ1) is 13.0. The van der Waals surface area contributed by atoms with E-state index in [4.69, 9.17) is 11.6 Å². The van der Waals surface area contributed by atoms with Crippen molar-refractivity contribution in [2.24, 2.45) is 0 Å². The van der Waals surface area contributed by atoms with E-state index in [1.807, 2.05) is 12.1 Å². The minimum absolute atomic E-state index is 0.0665. The van der Waals surface area contributed by atoms with Crippen LogP contribution in [0.1, 0.15) is 17.8 Å². The number of hydrogen-bond donors (Lipinski definition) is 1.